The number of pyridine rings is 1. The molecule has 23 heavy (non-hydrogen) atoms. The normalized spacial score (nSPS) is 25.7. The van der Waals surface area contributed by atoms with Crippen molar-refractivity contribution in [3.8, 4) is 0 Å². The van der Waals surface area contributed by atoms with Crippen LogP contribution in [0.4, 0.5) is 5.82 Å². The molecule has 2 aliphatic heterocycles. The van der Waals surface area contributed by atoms with Crippen molar-refractivity contribution in [2.75, 3.05) is 11.9 Å². The van der Waals surface area contributed by atoms with E-state index in [2.05, 4.69) is 10.3 Å². The molecular formula is C15H17N5O3. The summed E-state index contributed by atoms with van der Waals surface area (Å²) in [6, 6.07) is 4.73. The Kier molecular flexibility index (Phi) is 3.44. The van der Waals surface area contributed by atoms with E-state index >= 15 is 0 Å². The van der Waals surface area contributed by atoms with Crippen LogP contribution < -0.4 is 16.0 Å². The molecule has 0 aromatic carbocycles. The Morgan fingerprint density at radius 2 is 2.17 bits per heavy atom. The first kappa shape index (κ1) is 14.9. The predicted octanol–water partition coefficient (Wildman–Crippen LogP) is -0.183. The van der Waals surface area contributed by atoms with E-state index in [9.17, 15) is 14.7 Å². The van der Waals surface area contributed by atoms with Crippen molar-refractivity contribution in [1.82, 2.24) is 15.2 Å². The Morgan fingerprint density at radius 1 is 1.43 bits per heavy atom. The molecule has 2 aliphatic rings. The van der Waals surface area contributed by atoms with E-state index in [1.807, 2.05) is 0 Å². The van der Waals surface area contributed by atoms with Crippen LogP contribution >= 0.6 is 0 Å². The lowest BCUT2D eigenvalue weighted by Gasteiger charge is -2.37. The van der Waals surface area contributed by atoms with E-state index in [4.69, 9.17) is 5.73 Å². The van der Waals surface area contributed by atoms with E-state index < -0.39 is 18.1 Å². The predicted molar refractivity (Wildman–Crippen MR) is 82.8 cm³/mol. The summed E-state index contributed by atoms with van der Waals surface area (Å²) in [5.74, 6) is -0.623. The minimum atomic E-state index is -0.623. The van der Waals surface area contributed by atoms with Gasteiger partial charge in [0.25, 0.3) is 11.8 Å². The van der Waals surface area contributed by atoms with Gasteiger partial charge in [0, 0.05) is 19.4 Å². The third-order valence-corrected chi connectivity index (χ3v) is 3.95. The third kappa shape index (κ3) is 2.28. The molecule has 0 radical (unpaired) electrons. The summed E-state index contributed by atoms with van der Waals surface area (Å²) in [7, 11) is 1.72. The van der Waals surface area contributed by atoms with Gasteiger partial charge in [-0.2, -0.15) is 0 Å². The molecule has 3 rings (SSSR count). The minimum absolute atomic E-state index is 0.0620. The monoisotopic (exact) mass is 315 g/mol. The largest absolute Gasteiger partial charge is 0.512 e. The molecule has 8 heteroatoms. The molecule has 0 spiro atoms. The number of aliphatic hydroxyl groups excluding tert-OH is 1. The fourth-order valence-electron chi connectivity index (χ4n) is 2.98. The van der Waals surface area contributed by atoms with Gasteiger partial charge in [0.15, 0.2) is 0 Å². The number of hydrogen-bond donors (Lipinski definition) is 3. The number of nitrogens with zero attached hydrogens (tertiary/aromatic N) is 3. The molecule has 3 heterocycles. The van der Waals surface area contributed by atoms with Crippen LogP contribution in [0.5, 0.6) is 0 Å². The number of fused-ring (bicyclic) bond motifs is 1. The minimum Gasteiger partial charge on any atom is -0.512 e. The molecule has 0 saturated carbocycles. The lowest BCUT2D eigenvalue weighted by molar-refractivity contribution is -0.116. The Balaban J connectivity index is 2.12. The fourth-order valence-corrected chi connectivity index (χ4v) is 2.98. The molecule has 1 saturated heterocycles. The van der Waals surface area contributed by atoms with Crippen LogP contribution in [0.2, 0.25) is 0 Å². The Bertz CT molecular complexity index is 724. The van der Waals surface area contributed by atoms with E-state index in [1.54, 1.807) is 36.3 Å². The number of hydrogen-bond acceptors (Lipinski definition) is 6. The van der Waals surface area contributed by atoms with Gasteiger partial charge in [-0.25, -0.2) is 4.98 Å². The molecule has 1 fully saturated rings. The van der Waals surface area contributed by atoms with Crippen LogP contribution in [-0.2, 0) is 9.59 Å². The smallest absolute Gasteiger partial charge is 0.266 e. The van der Waals surface area contributed by atoms with Gasteiger partial charge in [0.1, 0.15) is 29.5 Å². The number of aromatic nitrogens is 1. The summed E-state index contributed by atoms with van der Waals surface area (Å²) in [5, 5.41) is 12.9. The number of rotatable bonds is 2. The fraction of sp³-hybridized carbons (Fsp3) is 0.267. The lowest BCUT2D eigenvalue weighted by atomic mass is 10.0. The molecule has 1 aromatic heterocycles. The second kappa shape index (κ2) is 5.31. The maximum absolute atomic E-state index is 12.8. The van der Waals surface area contributed by atoms with Crippen molar-refractivity contribution in [2.24, 2.45) is 5.73 Å². The van der Waals surface area contributed by atoms with Crippen molar-refractivity contribution in [2.45, 2.75) is 19.1 Å². The molecule has 120 valence electrons. The van der Waals surface area contributed by atoms with Gasteiger partial charge in [-0.05, 0) is 19.1 Å². The first-order valence-corrected chi connectivity index (χ1v) is 7.06. The van der Waals surface area contributed by atoms with Crippen molar-refractivity contribution >= 4 is 17.6 Å². The molecule has 0 aliphatic carbocycles. The number of carbonyl (C=O) groups is 2. The van der Waals surface area contributed by atoms with Crippen molar-refractivity contribution in [1.29, 1.82) is 0 Å². The highest BCUT2D eigenvalue weighted by Crippen LogP contribution is 2.34. The number of amides is 2. The van der Waals surface area contributed by atoms with Crippen molar-refractivity contribution < 1.29 is 14.7 Å². The summed E-state index contributed by atoms with van der Waals surface area (Å²) in [4.78, 5) is 31.6. The zero-order chi connectivity index (χ0) is 16.7. The number of primary amides is 1. The standard InChI is InChI=1S/C15H17N5O3/c1-8(21)11-12-14(18-9(13(16)22)7-19(12)2)20(15(11)23)10-5-3-4-6-17-10/h3-7,12,14,18,21H,1-2H3,(H2,16,22)/b11-8+. The highest BCUT2D eigenvalue weighted by Gasteiger charge is 2.50. The summed E-state index contributed by atoms with van der Waals surface area (Å²) in [6.45, 7) is 1.47. The third-order valence-electron chi connectivity index (χ3n) is 3.95. The number of allylic oxidation sites excluding steroid dienone is 1. The maximum atomic E-state index is 12.8. The quantitative estimate of drug-likeness (QED) is 0.515. The van der Waals surface area contributed by atoms with E-state index in [1.165, 1.54) is 18.0 Å². The van der Waals surface area contributed by atoms with Crippen LogP contribution in [0.3, 0.4) is 0 Å². The number of anilines is 1. The van der Waals surface area contributed by atoms with Gasteiger partial charge < -0.3 is 21.1 Å². The highest BCUT2D eigenvalue weighted by molar-refractivity contribution is 6.10. The lowest BCUT2D eigenvalue weighted by Crippen LogP contribution is -2.56. The van der Waals surface area contributed by atoms with Crippen LogP contribution in [0.25, 0.3) is 0 Å². The van der Waals surface area contributed by atoms with Crippen molar-refractivity contribution in [3.63, 3.8) is 0 Å². The average molecular weight is 315 g/mol. The maximum Gasteiger partial charge on any atom is 0.266 e. The Labute approximate surface area is 132 Å². The summed E-state index contributed by atoms with van der Waals surface area (Å²) in [6.07, 6.45) is 2.51. The number of aliphatic hydroxyl groups is 1. The first-order chi connectivity index (χ1) is 10.9. The van der Waals surface area contributed by atoms with Crippen LogP contribution in [-0.4, -0.2) is 46.1 Å². The number of likely N-dealkylation sites (N-methyl/N-ethyl adjacent to an activating group) is 1. The molecule has 2 atom stereocenters. The summed E-state index contributed by atoms with van der Waals surface area (Å²) < 4.78 is 0. The molecule has 2 unspecified atom stereocenters. The molecular weight excluding hydrogens is 298 g/mol. The second-order valence-electron chi connectivity index (χ2n) is 5.47. The van der Waals surface area contributed by atoms with Gasteiger partial charge in [-0.15, -0.1) is 0 Å². The van der Waals surface area contributed by atoms with Crippen LogP contribution in [0.1, 0.15) is 6.92 Å². The Hall–Kier alpha value is -3.03. The van der Waals surface area contributed by atoms with Gasteiger partial charge in [0.05, 0.1) is 5.57 Å². The van der Waals surface area contributed by atoms with Crippen LogP contribution in [0, 0.1) is 0 Å². The SMILES string of the molecule is C/C(O)=C1\C(=O)N(c2ccccn2)C2NC(C(N)=O)=CN(C)C12. The van der Waals surface area contributed by atoms with E-state index in [0.29, 0.717) is 5.82 Å². The van der Waals surface area contributed by atoms with E-state index in [-0.39, 0.29) is 22.9 Å². The second-order valence-corrected chi connectivity index (χ2v) is 5.47. The Morgan fingerprint density at radius 3 is 2.74 bits per heavy atom. The zero-order valence-corrected chi connectivity index (χ0v) is 12.7. The first-order valence-electron chi connectivity index (χ1n) is 7.06. The molecule has 0 bridgehead atoms. The van der Waals surface area contributed by atoms with Gasteiger partial charge in [-0.1, -0.05) is 6.07 Å². The molecule has 8 nitrogen and oxygen atoms in total. The number of nitrogens with one attached hydrogen (secondary N) is 1. The van der Waals surface area contributed by atoms with Gasteiger partial charge in [0.2, 0.25) is 0 Å². The molecule has 1 aromatic rings. The molecule has 2 amide bonds. The topological polar surface area (TPSA) is 112 Å². The van der Waals surface area contributed by atoms with Gasteiger partial charge >= 0.3 is 0 Å². The summed E-state index contributed by atoms with van der Waals surface area (Å²) >= 11 is 0. The van der Waals surface area contributed by atoms with Crippen LogP contribution in [0.15, 0.2) is 47.6 Å². The summed E-state index contributed by atoms with van der Waals surface area (Å²) in [5.41, 5.74) is 5.80. The zero-order valence-electron chi connectivity index (χ0n) is 12.7. The van der Waals surface area contributed by atoms with Gasteiger partial charge in [-0.3, -0.25) is 14.5 Å². The average Bonchev–Trinajstić information content (AvgIpc) is 2.80. The number of nitrogens with two attached hydrogens (primary N) is 1. The number of carbonyl (C=O) groups excluding carboxylic acids is 2. The molecule has 4 N–H and O–H groups in total. The van der Waals surface area contributed by atoms with Crippen molar-refractivity contribution in [3.05, 3.63) is 47.6 Å². The van der Waals surface area contributed by atoms with E-state index in [0.717, 1.165) is 0 Å². The highest BCUT2D eigenvalue weighted by atomic mass is 16.3.